The maximum atomic E-state index is 12.9. The molecule has 0 saturated carbocycles. The third-order valence-electron chi connectivity index (χ3n) is 4.85. The zero-order valence-electron chi connectivity index (χ0n) is 15.5. The van der Waals surface area contributed by atoms with Crippen molar-refractivity contribution < 1.29 is 14.3 Å². The Hall–Kier alpha value is -1.88. The zero-order valence-corrected chi connectivity index (χ0v) is 15.5. The third-order valence-corrected chi connectivity index (χ3v) is 4.85. The highest BCUT2D eigenvalue weighted by molar-refractivity contribution is 5.84. The monoisotopic (exact) mass is 346 g/mol. The number of nitrogens with zero attached hydrogens (tertiary/aromatic N) is 1. The lowest BCUT2D eigenvalue weighted by Gasteiger charge is -2.35. The van der Waals surface area contributed by atoms with Crippen LogP contribution >= 0.6 is 0 Å². The van der Waals surface area contributed by atoms with E-state index in [1.165, 1.54) is 0 Å². The van der Waals surface area contributed by atoms with Crippen LogP contribution in [0.2, 0.25) is 0 Å². The van der Waals surface area contributed by atoms with E-state index in [4.69, 9.17) is 4.74 Å². The van der Waals surface area contributed by atoms with E-state index in [-0.39, 0.29) is 23.8 Å². The third kappa shape index (κ3) is 5.30. The molecule has 2 rings (SSSR count). The maximum absolute atomic E-state index is 12.9. The van der Waals surface area contributed by atoms with Gasteiger partial charge in [-0.15, -0.1) is 0 Å². The number of carbonyl (C=O) groups is 2. The Morgan fingerprint density at radius 3 is 2.40 bits per heavy atom. The van der Waals surface area contributed by atoms with Crippen LogP contribution in [0.4, 0.5) is 0 Å². The fraction of sp³-hybridized carbons (Fsp3) is 0.600. The minimum atomic E-state index is -0.424. The average Bonchev–Trinajstić information content (AvgIpc) is 2.64. The van der Waals surface area contributed by atoms with Gasteiger partial charge in [-0.05, 0) is 38.7 Å². The number of carbonyl (C=O) groups excluding carboxylic acids is 2. The summed E-state index contributed by atoms with van der Waals surface area (Å²) in [6, 6.07) is 10.1. The second-order valence-corrected chi connectivity index (χ2v) is 6.58. The van der Waals surface area contributed by atoms with Crippen molar-refractivity contribution >= 4 is 11.8 Å². The first-order valence-electron chi connectivity index (χ1n) is 9.32. The van der Waals surface area contributed by atoms with Gasteiger partial charge >= 0.3 is 0 Å². The van der Waals surface area contributed by atoms with Crippen LogP contribution in [0.5, 0.6) is 0 Å². The van der Waals surface area contributed by atoms with Crippen molar-refractivity contribution in [1.29, 1.82) is 0 Å². The van der Waals surface area contributed by atoms with Gasteiger partial charge in [-0.25, -0.2) is 0 Å². The predicted molar refractivity (Wildman–Crippen MR) is 98.3 cm³/mol. The first-order valence-corrected chi connectivity index (χ1v) is 9.32. The van der Waals surface area contributed by atoms with Crippen LogP contribution in [0.3, 0.4) is 0 Å². The van der Waals surface area contributed by atoms with Crippen LogP contribution in [0.15, 0.2) is 30.3 Å². The molecular formula is C20H30N2O3. The van der Waals surface area contributed by atoms with E-state index in [0.29, 0.717) is 19.7 Å². The van der Waals surface area contributed by atoms with Crippen molar-refractivity contribution in [3.05, 3.63) is 35.9 Å². The van der Waals surface area contributed by atoms with Crippen LogP contribution in [-0.2, 0) is 14.3 Å². The molecule has 0 radical (unpaired) electrons. The molecule has 138 valence electrons. The van der Waals surface area contributed by atoms with Gasteiger partial charge in [0.1, 0.15) is 6.10 Å². The van der Waals surface area contributed by atoms with Crippen LogP contribution in [-0.4, -0.2) is 48.6 Å². The number of hydrogen-bond donors (Lipinski definition) is 1. The highest BCUT2D eigenvalue weighted by atomic mass is 16.5. The molecule has 1 heterocycles. The summed E-state index contributed by atoms with van der Waals surface area (Å²) in [4.78, 5) is 26.9. The summed E-state index contributed by atoms with van der Waals surface area (Å²) in [6.07, 6.45) is 1.96. The van der Waals surface area contributed by atoms with Crippen molar-refractivity contribution in [2.24, 2.45) is 0 Å². The molecule has 1 aliphatic rings. The van der Waals surface area contributed by atoms with Crippen LogP contribution in [0.25, 0.3) is 0 Å². The van der Waals surface area contributed by atoms with Crippen molar-refractivity contribution in [2.75, 3.05) is 19.7 Å². The summed E-state index contributed by atoms with van der Waals surface area (Å²) >= 11 is 0. The van der Waals surface area contributed by atoms with E-state index < -0.39 is 6.10 Å². The van der Waals surface area contributed by atoms with Gasteiger partial charge < -0.3 is 15.0 Å². The number of rotatable bonds is 7. The lowest BCUT2D eigenvalue weighted by atomic mass is 9.93. The molecule has 0 unspecified atom stereocenters. The molecule has 0 aromatic heterocycles. The zero-order chi connectivity index (χ0) is 18.2. The molecule has 5 heteroatoms. The van der Waals surface area contributed by atoms with Gasteiger partial charge in [0.2, 0.25) is 11.8 Å². The highest BCUT2D eigenvalue weighted by Crippen LogP contribution is 2.24. The molecule has 1 fully saturated rings. The molecule has 0 aliphatic carbocycles. The SMILES string of the molecule is CCO[C@@H](C)C(=O)NC1CCN(C(=O)[C@H](CC)c2ccccc2)CC1. The normalized spacial score (nSPS) is 17.8. The van der Waals surface area contributed by atoms with E-state index in [2.05, 4.69) is 12.2 Å². The van der Waals surface area contributed by atoms with Crippen LogP contribution in [0, 0.1) is 0 Å². The minimum Gasteiger partial charge on any atom is -0.369 e. The van der Waals surface area contributed by atoms with Crippen molar-refractivity contribution in [2.45, 2.75) is 58.1 Å². The van der Waals surface area contributed by atoms with Crippen molar-refractivity contribution in [1.82, 2.24) is 10.2 Å². The molecule has 0 bridgehead atoms. The maximum Gasteiger partial charge on any atom is 0.249 e. The fourth-order valence-corrected chi connectivity index (χ4v) is 3.35. The Bertz CT molecular complexity index is 553. The second kappa shape index (κ2) is 9.56. The summed E-state index contributed by atoms with van der Waals surface area (Å²) in [7, 11) is 0. The average molecular weight is 346 g/mol. The highest BCUT2D eigenvalue weighted by Gasteiger charge is 2.29. The summed E-state index contributed by atoms with van der Waals surface area (Å²) in [6.45, 7) is 7.61. The van der Waals surface area contributed by atoms with Crippen LogP contribution < -0.4 is 5.32 Å². The van der Waals surface area contributed by atoms with Crippen molar-refractivity contribution in [3.8, 4) is 0 Å². The minimum absolute atomic E-state index is 0.0673. The second-order valence-electron chi connectivity index (χ2n) is 6.58. The Labute approximate surface area is 150 Å². The molecule has 5 nitrogen and oxygen atoms in total. The molecule has 1 N–H and O–H groups in total. The smallest absolute Gasteiger partial charge is 0.249 e. The molecule has 1 aromatic rings. The molecule has 1 aromatic carbocycles. The van der Waals surface area contributed by atoms with Gasteiger partial charge in [-0.2, -0.15) is 0 Å². The topological polar surface area (TPSA) is 58.6 Å². The van der Waals surface area contributed by atoms with Gasteiger partial charge in [-0.1, -0.05) is 37.3 Å². The van der Waals surface area contributed by atoms with E-state index >= 15 is 0 Å². The number of piperidine rings is 1. The quantitative estimate of drug-likeness (QED) is 0.826. The molecule has 2 atom stereocenters. The number of nitrogens with one attached hydrogen (secondary N) is 1. The Morgan fingerprint density at radius 2 is 1.84 bits per heavy atom. The molecule has 1 aliphatic heterocycles. The number of hydrogen-bond acceptors (Lipinski definition) is 3. The van der Waals surface area contributed by atoms with E-state index in [9.17, 15) is 9.59 Å². The van der Waals surface area contributed by atoms with Crippen molar-refractivity contribution in [3.63, 3.8) is 0 Å². The molecule has 1 saturated heterocycles. The van der Waals surface area contributed by atoms with E-state index in [1.54, 1.807) is 6.92 Å². The lowest BCUT2D eigenvalue weighted by molar-refractivity contribution is -0.135. The van der Waals surface area contributed by atoms with Gasteiger partial charge in [-0.3, -0.25) is 9.59 Å². The van der Waals surface area contributed by atoms with Gasteiger partial charge in [0.15, 0.2) is 0 Å². The molecule has 2 amide bonds. The molecule has 25 heavy (non-hydrogen) atoms. The first-order chi connectivity index (χ1) is 12.1. The largest absolute Gasteiger partial charge is 0.369 e. The number of amides is 2. The van der Waals surface area contributed by atoms with E-state index in [0.717, 1.165) is 24.8 Å². The lowest BCUT2D eigenvalue weighted by Crippen LogP contribution is -2.49. The van der Waals surface area contributed by atoms with Gasteiger partial charge in [0, 0.05) is 25.7 Å². The summed E-state index contributed by atoms with van der Waals surface area (Å²) in [5, 5.41) is 3.04. The van der Waals surface area contributed by atoms with E-state index in [1.807, 2.05) is 42.2 Å². The van der Waals surface area contributed by atoms with Gasteiger partial charge in [0.25, 0.3) is 0 Å². The Balaban J connectivity index is 1.86. The molecule has 0 spiro atoms. The number of ether oxygens (including phenoxy) is 1. The van der Waals surface area contributed by atoms with Crippen LogP contribution in [0.1, 0.15) is 51.5 Å². The summed E-state index contributed by atoms with van der Waals surface area (Å²) < 4.78 is 5.32. The summed E-state index contributed by atoms with van der Waals surface area (Å²) in [5.74, 6) is 0.0498. The van der Waals surface area contributed by atoms with Gasteiger partial charge in [0.05, 0.1) is 5.92 Å². The number of benzene rings is 1. The first kappa shape index (κ1) is 19.4. The number of likely N-dealkylation sites (tertiary alicyclic amines) is 1. The standard InChI is InChI=1S/C20H30N2O3/c1-4-18(16-9-7-6-8-10-16)20(24)22-13-11-17(12-14-22)21-19(23)15(3)25-5-2/h6-10,15,17-18H,4-5,11-14H2,1-3H3,(H,21,23)/t15-,18+/m0/s1. The molecular weight excluding hydrogens is 316 g/mol. The Kier molecular flexibility index (Phi) is 7.44. The predicted octanol–water partition coefficient (Wildman–Crippen LogP) is 2.71. The summed E-state index contributed by atoms with van der Waals surface area (Å²) in [5.41, 5.74) is 1.08. The fourth-order valence-electron chi connectivity index (χ4n) is 3.35. The Morgan fingerprint density at radius 1 is 1.20 bits per heavy atom.